The van der Waals surface area contributed by atoms with Crippen molar-refractivity contribution in [1.29, 1.82) is 0 Å². The van der Waals surface area contributed by atoms with Crippen molar-refractivity contribution >= 4 is 77.7 Å². The van der Waals surface area contributed by atoms with Crippen molar-refractivity contribution in [2.45, 2.75) is 36.2 Å². The third-order valence-electron chi connectivity index (χ3n) is 8.78. The maximum atomic E-state index is 14.0. The third-order valence-corrected chi connectivity index (χ3v) is 12.0. The van der Waals surface area contributed by atoms with Crippen LogP contribution in [-0.4, -0.2) is 97.5 Å². The van der Waals surface area contributed by atoms with Crippen molar-refractivity contribution in [3.8, 4) is 0 Å². The normalized spacial score (nSPS) is 19.4. The molecule has 47 heavy (non-hydrogen) atoms. The molecule has 0 bridgehead atoms. The Hall–Kier alpha value is -3.57. The lowest BCUT2D eigenvalue weighted by atomic mass is 10.0. The Bertz CT molecular complexity index is 1630. The monoisotopic (exact) mass is 790 g/mol. The number of anilines is 3. The summed E-state index contributed by atoms with van der Waals surface area (Å²) in [6.07, 6.45) is 4.42. The molecular weight excluding hydrogens is 756 g/mol. The Labute approximate surface area is 291 Å². The van der Waals surface area contributed by atoms with Crippen LogP contribution in [0, 0.1) is 0 Å². The number of likely N-dealkylation sites (tertiary alicyclic amines) is 1. The number of nitrogen functional groups attached to an aromatic ring is 1. The van der Waals surface area contributed by atoms with E-state index in [1.807, 2.05) is 24.3 Å². The number of benzene rings is 2. The lowest BCUT2D eigenvalue weighted by molar-refractivity contribution is -0.133. The third kappa shape index (κ3) is 7.02. The van der Waals surface area contributed by atoms with E-state index >= 15 is 0 Å². The molecule has 0 saturated carbocycles. The molecule has 0 unspecified atom stereocenters. The maximum absolute atomic E-state index is 14.0. The second-order valence-electron chi connectivity index (χ2n) is 11.7. The average Bonchev–Trinajstić information content (AvgIpc) is 3.07. The number of piperazine rings is 1. The summed E-state index contributed by atoms with van der Waals surface area (Å²) >= 11 is 6.96. The topological polar surface area (TPSA) is 168 Å². The van der Waals surface area contributed by atoms with Gasteiger partial charge in [-0.2, -0.15) is 0 Å². The number of amides is 5. The Morgan fingerprint density at radius 3 is 2.28 bits per heavy atom. The second kappa shape index (κ2) is 13.9. The molecule has 2 fully saturated rings. The highest BCUT2D eigenvalue weighted by Gasteiger charge is 2.43. The molecule has 2 aromatic carbocycles. The summed E-state index contributed by atoms with van der Waals surface area (Å²) in [5.41, 5.74) is 8.87. The van der Waals surface area contributed by atoms with Crippen LogP contribution in [0.4, 0.5) is 26.7 Å². The standard InChI is InChI=1S/C31H36Br2N8O5S/c32-23-17-20(18-24(33)28(23)34)19-26(29(42)39-15-13-38(14-16-39)21-5-9-35-10-6-21)37-30(43)40-11-7-22(8-12-40)41-31(44)36-25-3-1-2-4-27(25)47(41,45)46/h1-6,9-10,17-18,22,26,45-46H,7-8,11-16,19,34H2,(H,36,44)(H,37,43)/t26-/m0/s1. The van der Waals surface area contributed by atoms with Gasteiger partial charge in [0.25, 0.3) is 0 Å². The van der Waals surface area contributed by atoms with Gasteiger partial charge in [-0.25, -0.2) is 13.9 Å². The fourth-order valence-corrected chi connectivity index (χ4v) is 9.34. The minimum Gasteiger partial charge on any atom is -0.397 e. The van der Waals surface area contributed by atoms with Gasteiger partial charge in [0.05, 0.1) is 17.4 Å². The summed E-state index contributed by atoms with van der Waals surface area (Å²) in [5.74, 6) is -0.177. The first-order valence-electron chi connectivity index (χ1n) is 15.2. The van der Waals surface area contributed by atoms with Gasteiger partial charge in [-0.3, -0.25) is 18.9 Å². The molecule has 16 heteroatoms. The van der Waals surface area contributed by atoms with Crippen LogP contribution in [0.2, 0.25) is 0 Å². The van der Waals surface area contributed by atoms with Gasteiger partial charge in [0, 0.05) is 72.7 Å². The van der Waals surface area contributed by atoms with Gasteiger partial charge in [-0.1, -0.05) is 22.9 Å². The predicted octanol–water partition coefficient (Wildman–Crippen LogP) is 5.19. The molecule has 250 valence electrons. The van der Waals surface area contributed by atoms with E-state index in [0.717, 1.165) is 15.6 Å². The fourth-order valence-electron chi connectivity index (χ4n) is 6.27. The summed E-state index contributed by atoms with van der Waals surface area (Å²) in [6, 6.07) is 11.9. The molecule has 0 spiro atoms. The zero-order valence-corrected chi connectivity index (χ0v) is 29.4. The highest BCUT2D eigenvalue weighted by atomic mass is 79.9. The van der Waals surface area contributed by atoms with Crippen molar-refractivity contribution in [2.24, 2.45) is 0 Å². The van der Waals surface area contributed by atoms with E-state index in [2.05, 4.69) is 52.4 Å². The number of pyridine rings is 1. The number of carbonyl (C=O) groups is 3. The molecule has 2 saturated heterocycles. The lowest BCUT2D eigenvalue weighted by Gasteiger charge is -2.51. The molecule has 6 N–H and O–H groups in total. The van der Waals surface area contributed by atoms with Crippen LogP contribution < -0.4 is 21.3 Å². The van der Waals surface area contributed by atoms with Gasteiger partial charge in [-0.15, -0.1) is 0 Å². The molecule has 3 aliphatic heterocycles. The van der Waals surface area contributed by atoms with Crippen molar-refractivity contribution in [3.63, 3.8) is 0 Å². The van der Waals surface area contributed by atoms with Crippen LogP contribution in [0.15, 0.2) is 74.8 Å². The average molecular weight is 793 g/mol. The first kappa shape index (κ1) is 33.3. The molecule has 0 radical (unpaired) electrons. The Morgan fingerprint density at radius 2 is 1.62 bits per heavy atom. The van der Waals surface area contributed by atoms with E-state index in [9.17, 15) is 23.5 Å². The minimum absolute atomic E-state index is 0.177. The molecule has 0 aliphatic carbocycles. The number of urea groups is 2. The van der Waals surface area contributed by atoms with E-state index in [1.165, 1.54) is 0 Å². The summed E-state index contributed by atoms with van der Waals surface area (Å²) in [5, 5.41) is 5.73. The summed E-state index contributed by atoms with van der Waals surface area (Å²) in [4.78, 5) is 50.5. The number of halogens is 2. The molecular formula is C31H36Br2N8O5S. The van der Waals surface area contributed by atoms with E-state index in [1.54, 1.807) is 46.5 Å². The molecule has 3 aromatic rings. The van der Waals surface area contributed by atoms with E-state index < -0.39 is 34.9 Å². The Morgan fingerprint density at radius 1 is 0.979 bits per heavy atom. The number of nitrogens with zero attached hydrogens (tertiary/aromatic N) is 5. The number of hydrogen-bond donors (Lipinski definition) is 5. The summed E-state index contributed by atoms with van der Waals surface area (Å²) in [6.45, 7) is 2.83. The number of rotatable bonds is 6. The molecule has 5 amide bonds. The van der Waals surface area contributed by atoms with Gasteiger partial charge in [0.2, 0.25) is 5.91 Å². The number of carbonyl (C=O) groups excluding carboxylic acids is 3. The van der Waals surface area contributed by atoms with Crippen LogP contribution in [-0.2, 0) is 11.2 Å². The van der Waals surface area contributed by atoms with Gasteiger partial charge in [-0.05, 0) is 86.7 Å². The number of piperidine rings is 1. The lowest BCUT2D eigenvalue weighted by Crippen LogP contribution is -2.58. The molecule has 4 heterocycles. The maximum Gasteiger partial charge on any atom is 0.340 e. The SMILES string of the molecule is Nc1c(Br)cc(C[C@H](NC(=O)N2CCC(N3C(=O)Nc4ccccc4S3(O)O)CC2)C(=O)N2CCN(c3ccncc3)CC2)cc1Br. The predicted molar refractivity (Wildman–Crippen MR) is 188 cm³/mol. The van der Waals surface area contributed by atoms with Crippen LogP contribution in [0.5, 0.6) is 0 Å². The number of nitrogens with one attached hydrogen (secondary N) is 2. The number of nitrogens with two attached hydrogens (primary N) is 1. The highest BCUT2D eigenvalue weighted by molar-refractivity contribution is 9.11. The summed E-state index contributed by atoms with van der Waals surface area (Å²) in [7, 11) is -3.55. The van der Waals surface area contributed by atoms with Crippen molar-refractivity contribution in [1.82, 2.24) is 24.4 Å². The summed E-state index contributed by atoms with van der Waals surface area (Å²) < 4.78 is 24.7. The number of para-hydroxylation sites is 1. The Balaban J connectivity index is 1.13. The van der Waals surface area contributed by atoms with Crippen molar-refractivity contribution < 1.29 is 23.5 Å². The van der Waals surface area contributed by atoms with E-state index in [4.69, 9.17) is 5.73 Å². The molecule has 1 atom stereocenters. The first-order chi connectivity index (χ1) is 22.5. The number of aromatic nitrogens is 1. The molecule has 3 aliphatic rings. The fraction of sp³-hybridized carbons (Fsp3) is 0.355. The minimum atomic E-state index is -3.55. The van der Waals surface area contributed by atoms with Crippen LogP contribution >= 0.6 is 42.6 Å². The number of fused-ring (bicyclic) bond motifs is 1. The molecule has 1 aromatic heterocycles. The van der Waals surface area contributed by atoms with Gasteiger partial charge in [0.15, 0.2) is 0 Å². The Kier molecular flexibility index (Phi) is 9.85. The quantitative estimate of drug-likeness (QED) is 0.213. The van der Waals surface area contributed by atoms with Crippen LogP contribution in [0.25, 0.3) is 0 Å². The number of hydrogen-bond acceptors (Lipinski definition) is 8. The van der Waals surface area contributed by atoms with Gasteiger partial charge in [0.1, 0.15) is 10.9 Å². The zero-order valence-electron chi connectivity index (χ0n) is 25.4. The van der Waals surface area contributed by atoms with Crippen molar-refractivity contribution in [2.75, 3.05) is 55.2 Å². The van der Waals surface area contributed by atoms with E-state index in [-0.39, 0.29) is 30.3 Å². The zero-order chi connectivity index (χ0) is 33.3. The molecule has 6 rings (SSSR count). The van der Waals surface area contributed by atoms with Crippen molar-refractivity contribution in [3.05, 3.63) is 75.4 Å². The smallest absolute Gasteiger partial charge is 0.340 e. The van der Waals surface area contributed by atoms with E-state index in [0.29, 0.717) is 59.3 Å². The van der Waals surface area contributed by atoms with Crippen LogP contribution in [0.1, 0.15) is 18.4 Å². The van der Waals surface area contributed by atoms with Gasteiger partial charge >= 0.3 is 12.1 Å². The molecule has 13 nitrogen and oxygen atoms in total. The van der Waals surface area contributed by atoms with Crippen LogP contribution in [0.3, 0.4) is 0 Å². The highest BCUT2D eigenvalue weighted by Crippen LogP contribution is 2.58. The second-order valence-corrected chi connectivity index (χ2v) is 15.3. The largest absolute Gasteiger partial charge is 0.397 e. The van der Waals surface area contributed by atoms with Gasteiger partial charge < -0.3 is 31.1 Å². The first-order valence-corrected chi connectivity index (χ1v) is 18.3.